The van der Waals surface area contributed by atoms with Crippen molar-refractivity contribution in [2.75, 3.05) is 0 Å². The van der Waals surface area contributed by atoms with Crippen molar-refractivity contribution in [2.24, 2.45) is 53.3 Å². The van der Waals surface area contributed by atoms with Gasteiger partial charge in [-0.3, -0.25) is 4.79 Å². The van der Waals surface area contributed by atoms with Crippen LogP contribution in [-0.2, 0) is 4.79 Å². The molecule has 0 N–H and O–H groups in total. The van der Waals surface area contributed by atoms with Crippen LogP contribution in [-0.4, -0.2) is 5.78 Å². The molecule has 0 heterocycles. The van der Waals surface area contributed by atoms with Crippen LogP contribution < -0.4 is 0 Å². The second kappa shape index (κ2) is 14.8. The van der Waals surface area contributed by atoms with Crippen LogP contribution in [0.4, 0.5) is 0 Å². The number of carbonyl (C=O) groups excluding carboxylic acids is 1. The van der Waals surface area contributed by atoms with Gasteiger partial charge in [-0.25, -0.2) is 0 Å². The van der Waals surface area contributed by atoms with Gasteiger partial charge in [-0.05, 0) is 105 Å². The molecule has 1 nitrogen and oxygen atoms in total. The summed E-state index contributed by atoms with van der Waals surface area (Å²) in [5.41, 5.74) is 3.15. The van der Waals surface area contributed by atoms with Crippen molar-refractivity contribution in [3.8, 4) is 0 Å². The highest BCUT2D eigenvalue weighted by molar-refractivity contribution is 5.83. The Morgan fingerprint density at radius 2 is 1.80 bits per heavy atom. The van der Waals surface area contributed by atoms with Gasteiger partial charge >= 0.3 is 0 Å². The van der Waals surface area contributed by atoms with Crippen molar-refractivity contribution in [2.45, 2.75) is 133 Å². The Hall–Kier alpha value is -0.850. The normalized spacial score (nSPS) is 29.1. The monoisotopic (exact) mass is 484 g/mol. The molecule has 2 rings (SSSR count). The molecule has 0 spiro atoms. The molecule has 0 aliphatic heterocycles. The largest absolute Gasteiger partial charge is 0.299 e. The zero-order valence-corrected chi connectivity index (χ0v) is 25.0. The maximum Gasteiger partial charge on any atom is 0.139 e. The highest BCUT2D eigenvalue weighted by atomic mass is 16.1. The van der Waals surface area contributed by atoms with E-state index in [1.165, 1.54) is 63.4 Å². The summed E-state index contributed by atoms with van der Waals surface area (Å²) < 4.78 is 0. The Kier molecular flexibility index (Phi) is 12.8. The van der Waals surface area contributed by atoms with E-state index in [9.17, 15) is 4.79 Å². The standard InChI is InChI=1S/C34H60O/c1-10-34(35)29(9)32-16-14-30(15-17-32)19-25(5)20-31(13-11-12-23(2)3)22-26(6)28(8)33-21-24(4)18-27(33)7/h16,22-30,33H,10-15,17-21H2,1-9H3/b31-22-/t24?,25-,26?,27+,28?,29?,30?,33?/m0/s1. The van der Waals surface area contributed by atoms with E-state index < -0.39 is 0 Å². The molecule has 202 valence electrons. The van der Waals surface area contributed by atoms with E-state index in [-0.39, 0.29) is 5.92 Å². The van der Waals surface area contributed by atoms with E-state index in [1.54, 1.807) is 5.57 Å². The third-order valence-electron chi connectivity index (χ3n) is 9.75. The quantitative estimate of drug-likeness (QED) is 0.224. The van der Waals surface area contributed by atoms with E-state index in [0.29, 0.717) is 18.1 Å². The van der Waals surface area contributed by atoms with Crippen molar-refractivity contribution >= 4 is 5.78 Å². The summed E-state index contributed by atoms with van der Waals surface area (Å²) in [4.78, 5) is 12.1. The summed E-state index contributed by atoms with van der Waals surface area (Å²) in [5.74, 6) is 7.08. The van der Waals surface area contributed by atoms with Gasteiger partial charge in [-0.1, -0.05) is 92.0 Å². The van der Waals surface area contributed by atoms with Gasteiger partial charge in [0.15, 0.2) is 0 Å². The van der Waals surface area contributed by atoms with Gasteiger partial charge in [0.2, 0.25) is 0 Å². The van der Waals surface area contributed by atoms with Gasteiger partial charge < -0.3 is 0 Å². The number of allylic oxidation sites excluding steroid dienone is 4. The summed E-state index contributed by atoms with van der Waals surface area (Å²) in [6.45, 7) is 21.3. The summed E-state index contributed by atoms with van der Waals surface area (Å²) >= 11 is 0. The average molecular weight is 485 g/mol. The van der Waals surface area contributed by atoms with E-state index in [1.807, 2.05) is 6.92 Å². The lowest BCUT2D eigenvalue weighted by Crippen LogP contribution is -2.20. The molecule has 0 aromatic rings. The van der Waals surface area contributed by atoms with Crippen LogP contribution in [0.3, 0.4) is 0 Å². The molecule has 0 aromatic carbocycles. The van der Waals surface area contributed by atoms with Gasteiger partial charge in [0.05, 0.1) is 0 Å². The fourth-order valence-electron chi connectivity index (χ4n) is 7.37. The lowest BCUT2D eigenvalue weighted by Gasteiger charge is -2.29. The van der Waals surface area contributed by atoms with Gasteiger partial charge in [-0.2, -0.15) is 0 Å². The summed E-state index contributed by atoms with van der Waals surface area (Å²) in [6.07, 6.45) is 18.8. The maximum absolute atomic E-state index is 12.1. The van der Waals surface area contributed by atoms with Crippen molar-refractivity contribution in [3.05, 3.63) is 23.3 Å². The summed E-state index contributed by atoms with van der Waals surface area (Å²) in [7, 11) is 0. The predicted molar refractivity (Wildman–Crippen MR) is 154 cm³/mol. The third kappa shape index (κ3) is 9.85. The van der Waals surface area contributed by atoms with Crippen LogP contribution in [0.15, 0.2) is 23.3 Å². The number of ketones is 1. The molecule has 2 aliphatic carbocycles. The number of carbonyl (C=O) groups is 1. The first-order valence-corrected chi connectivity index (χ1v) is 15.4. The highest BCUT2D eigenvalue weighted by Gasteiger charge is 2.34. The van der Waals surface area contributed by atoms with E-state index >= 15 is 0 Å². The molecule has 0 bridgehead atoms. The molecule has 0 saturated heterocycles. The van der Waals surface area contributed by atoms with Crippen LogP contribution in [0.5, 0.6) is 0 Å². The Bertz CT molecular complexity index is 697. The zero-order chi connectivity index (χ0) is 26.1. The van der Waals surface area contributed by atoms with Gasteiger partial charge in [0.25, 0.3) is 0 Å². The molecule has 0 radical (unpaired) electrons. The van der Waals surface area contributed by atoms with Crippen molar-refractivity contribution in [1.29, 1.82) is 0 Å². The third-order valence-corrected chi connectivity index (χ3v) is 9.75. The second-order valence-electron chi connectivity index (χ2n) is 13.6. The number of hydrogen-bond donors (Lipinski definition) is 0. The molecule has 0 amide bonds. The topological polar surface area (TPSA) is 17.1 Å². The SMILES string of the molecule is CCC(=O)C(C)C1=CCC(C[C@H](C)C/C(=C\C(C)C(C)C2CC(C)C[C@H]2C)CCCC(C)C)CC1. The molecule has 35 heavy (non-hydrogen) atoms. The Balaban J connectivity index is 1.97. The van der Waals surface area contributed by atoms with E-state index in [4.69, 9.17) is 0 Å². The molecule has 2 aliphatic rings. The number of hydrogen-bond acceptors (Lipinski definition) is 1. The van der Waals surface area contributed by atoms with Crippen molar-refractivity contribution < 1.29 is 4.79 Å². The van der Waals surface area contributed by atoms with Crippen LogP contribution in [0.25, 0.3) is 0 Å². The minimum atomic E-state index is 0.142. The van der Waals surface area contributed by atoms with Crippen LogP contribution in [0.1, 0.15) is 133 Å². The Labute approximate surface area is 220 Å². The molecule has 1 heteroatoms. The zero-order valence-electron chi connectivity index (χ0n) is 25.0. The summed E-state index contributed by atoms with van der Waals surface area (Å²) in [6, 6.07) is 0. The Morgan fingerprint density at radius 3 is 2.34 bits per heavy atom. The number of rotatable bonds is 14. The minimum Gasteiger partial charge on any atom is -0.299 e. The first kappa shape index (κ1) is 30.4. The van der Waals surface area contributed by atoms with Crippen molar-refractivity contribution in [1.82, 2.24) is 0 Å². The Morgan fingerprint density at radius 1 is 1.09 bits per heavy atom. The maximum atomic E-state index is 12.1. The van der Waals surface area contributed by atoms with Gasteiger partial charge in [-0.15, -0.1) is 0 Å². The molecule has 0 aromatic heterocycles. The lowest BCUT2D eigenvalue weighted by atomic mass is 9.76. The first-order chi connectivity index (χ1) is 16.5. The lowest BCUT2D eigenvalue weighted by molar-refractivity contribution is -0.121. The molecule has 1 saturated carbocycles. The van der Waals surface area contributed by atoms with E-state index in [2.05, 4.69) is 67.5 Å². The smallest absolute Gasteiger partial charge is 0.139 e. The summed E-state index contributed by atoms with van der Waals surface area (Å²) in [5, 5.41) is 0. The highest BCUT2D eigenvalue weighted by Crippen LogP contribution is 2.43. The average Bonchev–Trinajstić information content (AvgIpc) is 3.15. The fraction of sp³-hybridized carbons (Fsp3) is 0.853. The molecule has 1 fully saturated rings. The number of Topliss-reactive ketones (excluding diaryl/α,β-unsaturated/α-hetero) is 1. The minimum absolute atomic E-state index is 0.142. The first-order valence-electron chi connectivity index (χ1n) is 15.4. The predicted octanol–water partition coefficient (Wildman–Crippen LogP) is 10.5. The van der Waals surface area contributed by atoms with Crippen molar-refractivity contribution in [3.63, 3.8) is 0 Å². The fourth-order valence-corrected chi connectivity index (χ4v) is 7.37. The van der Waals surface area contributed by atoms with Gasteiger partial charge in [0.1, 0.15) is 5.78 Å². The molecule has 8 atom stereocenters. The van der Waals surface area contributed by atoms with Crippen LogP contribution in [0.2, 0.25) is 0 Å². The molecular formula is C34H60O. The molecular weight excluding hydrogens is 424 g/mol. The van der Waals surface area contributed by atoms with E-state index in [0.717, 1.165) is 47.8 Å². The van der Waals surface area contributed by atoms with Crippen LogP contribution >= 0.6 is 0 Å². The molecule has 6 unspecified atom stereocenters. The second-order valence-corrected chi connectivity index (χ2v) is 13.6. The van der Waals surface area contributed by atoms with Crippen LogP contribution in [0, 0.1) is 53.3 Å². The van der Waals surface area contributed by atoms with Gasteiger partial charge in [0, 0.05) is 12.3 Å².